The van der Waals surface area contributed by atoms with Gasteiger partial charge in [0.15, 0.2) is 0 Å². The second kappa shape index (κ2) is 8.73. The van der Waals surface area contributed by atoms with Crippen LogP contribution in [-0.2, 0) is 0 Å². The molecule has 2 rings (SSSR count). The van der Waals surface area contributed by atoms with Crippen LogP contribution in [-0.4, -0.2) is 5.11 Å². The minimum atomic E-state index is -0.822. The van der Waals surface area contributed by atoms with Gasteiger partial charge in [-0.05, 0) is 24.6 Å². The van der Waals surface area contributed by atoms with E-state index >= 15 is 0 Å². The molecule has 0 heterocycles. The van der Waals surface area contributed by atoms with Crippen molar-refractivity contribution >= 4 is 0 Å². The van der Waals surface area contributed by atoms with Gasteiger partial charge in [-0.25, -0.2) is 0 Å². The smallest absolute Gasteiger partial charge is 0.141 e. The molecule has 22 heavy (non-hydrogen) atoms. The Hall–Kier alpha value is -2.48. The van der Waals surface area contributed by atoms with Crippen LogP contribution in [0.5, 0.6) is 0 Å². The summed E-state index contributed by atoms with van der Waals surface area (Å²) in [6.45, 7) is 2.15. The molecule has 0 spiro atoms. The van der Waals surface area contributed by atoms with Gasteiger partial charge < -0.3 is 5.11 Å². The molecule has 0 saturated heterocycles. The largest absolute Gasteiger partial charge is 0.376 e. The summed E-state index contributed by atoms with van der Waals surface area (Å²) in [5, 5.41) is 10.3. The zero-order valence-electron chi connectivity index (χ0n) is 12.8. The summed E-state index contributed by atoms with van der Waals surface area (Å²) in [5.41, 5.74) is 2.52. The quantitative estimate of drug-likeness (QED) is 0.659. The third-order valence-electron chi connectivity index (χ3n) is 3.26. The summed E-state index contributed by atoms with van der Waals surface area (Å²) in [6, 6.07) is 17.3. The van der Waals surface area contributed by atoms with Gasteiger partial charge in [-0.15, -0.1) is 0 Å². The van der Waals surface area contributed by atoms with Crippen LogP contribution in [0.25, 0.3) is 0 Å². The van der Waals surface area contributed by atoms with E-state index in [0.717, 1.165) is 36.0 Å². The number of benzene rings is 2. The van der Waals surface area contributed by atoms with Gasteiger partial charge in [0.25, 0.3) is 0 Å². The molecule has 0 aliphatic heterocycles. The summed E-state index contributed by atoms with van der Waals surface area (Å²) >= 11 is 0. The standard InChI is InChI=1S/C21H20O/c1-2-3-4-8-13-19-14-9-10-15-20(19)21(22)17-16-18-11-6-5-7-12-18/h5-7,9-12,14-15,21-22H,2-4H2,1H3. The van der Waals surface area contributed by atoms with E-state index in [2.05, 4.69) is 30.6 Å². The van der Waals surface area contributed by atoms with Crippen LogP contribution in [0.1, 0.15) is 49.0 Å². The highest BCUT2D eigenvalue weighted by molar-refractivity contribution is 5.45. The molecule has 1 atom stereocenters. The molecular formula is C21H20O. The average Bonchev–Trinajstić information content (AvgIpc) is 2.58. The van der Waals surface area contributed by atoms with Crippen LogP contribution < -0.4 is 0 Å². The predicted molar refractivity (Wildman–Crippen MR) is 91.1 cm³/mol. The van der Waals surface area contributed by atoms with Gasteiger partial charge in [-0.1, -0.05) is 73.4 Å². The first kappa shape index (κ1) is 15.9. The van der Waals surface area contributed by atoms with E-state index in [1.165, 1.54) is 0 Å². The van der Waals surface area contributed by atoms with Crippen molar-refractivity contribution in [2.75, 3.05) is 0 Å². The molecule has 2 aromatic carbocycles. The molecule has 0 radical (unpaired) electrons. The van der Waals surface area contributed by atoms with Gasteiger partial charge in [0.2, 0.25) is 0 Å². The third kappa shape index (κ3) is 4.81. The van der Waals surface area contributed by atoms with E-state index < -0.39 is 6.10 Å². The van der Waals surface area contributed by atoms with E-state index in [9.17, 15) is 5.11 Å². The Balaban J connectivity index is 2.17. The lowest BCUT2D eigenvalue weighted by Crippen LogP contribution is -1.97. The molecule has 1 nitrogen and oxygen atoms in total. The molecule has 0 aliphatic carbocycles. The van der Waals surface area contributed by atoms with Gasteiger partial charge in [0.1, 0.15) is 6.10 Å². The minimum absolute atomic E-state index is 0.773. The SMILES string of the molecule is CCCCC#Cc1ccccc1C(O)C#Cc1ccccc1. The third-order valence-corrected chi connectivity index (χ3v) is 3.26. The van der Waals surface area contributed by atoms with Crippen molar-refractivity contribution in [3.8, 4) is 23.7 Å². The fourth-order valence-corrected chi connectivity index (χ4v) is 2.02. The predicted octanol–water partition coefficient (Wildman–Crippen LogP) is 4.31. The molecule has 1 heteroatoms. The van der Waals surface area contributed by atoms with Crippen LogP contribution in [0.15, 0.2) is 54.6 Å². The van der Waals surface area contributed by atoms with E-state index in [1.54, 1.807) is 0 Å². The first-order valence-corrected chi connectivity index (χ1v) is 7.63. The van der Waals surface area contributed by atoms with Crippen LogP contribution >= 0.6 is 0 Å². The monoisotopic (exact) mass is 288 g/mol. The Bertz CT molecular complexity index is 708. The Morgan fingerprint density at radius 3 is 2.45 bits per heavy atom. The molecule has 1 unspecified atom stereocenters. The normalized spacial score (nSPS) is 10.8. The van der Waals surface area contributed by atoms with Crippen molar-refractivity contribution in [1.82, 2.24) is 0 Å². The Morgan fingerprint density at radius 2 is 1.68 bits per heavy atom. The topological polar surface area (TPSA) is 20.2 Å². The van der Waals surface area contributed by atoms with Gasteiger partial charge in [-0.3, -0.25) is 0 Å². The Morgan fingerprint density at radius 1 is 0.955 bits per heavy atom. The fourth-order valence-electron chi connectivity index (χ4n) is 2.02. The fraction of sp³-hybridized carbons (Fsp3) is 0.238. The highest BCUT2D eigenvalue weighted by Gasteiger charge is 2.07. The molecule has 0 saturated carbocycles. The number of rotatable bonds is 3. The number of aliphatic hydroxyl groups is 1. The van der Waals surface area contributed by atoms with Gasteiger partial charge >= 0.3 is 0 Å². The summed E-state index contributed by atoms with van der Waals surface area (Å²) in [4.78, 5) is 0. The van der Waals surface area contributed by atoms with Crippen LogP contribution in [0.3, 0.4) is 0 Å². The first-order valence-electron chi connectivity index (χ1n) is 7.63. The van der Waals surface area contributed by atoms with Crippen LogP contribution in [0.4, 0.5) is 0 Å². The zero-order chi connectivity index (χ0) is 15.6. The maximum absolute atomic E-state index is 10.3. The van der Waals surface area contributed by atoms with E-state index in [4.69, 9.17) is 0 Å². The summed E-state index contributed by atoms with van der Waals surface area (Å²) in [7, 11) is 0. The van der Waals surface area contributed by atoms with Crippen molar-refractivity contribution in [2.24, 2.45) is 0 Å². The maximum Gasteiger partial charge on any atom is 0.141 e. The molecule has 0 bridgehead atoms. The van der Waals surface area contributed by atoms with Crippen LogP contribution in [0.2, 0.25) is 0 Å². The Kier molecular flexibility index (Phi) is 6.31. The summed E-state index contributed by atoms with van der Waals surface area (Å²) in [6.07, 6.45) is 2.31. The van der Waals surface area contributed by atoms with Crippen LogP contribution in [0, 0.1) is 23.7 Å². The van der Waals surface area contributed by atoms with Gasteiger partial charge in [-0.2, -0.15) is 0 Å². The highest BCUT2D eigenvalue weighted by Crippen LogP contribution is 2.17. The van der Waals surface area contributed by atoms with Crippen molar-refractivity contribution in [3.05, 3.63) is 71.3 Å². The number of unbranched alkanes of at least 4 members (excludes halogenated alkanes) is 2. The van der Waals surface area contributed by atoms with Crippen molar-refractivity contribution in [1.29, 1.82) is 0 Å². The van der Waals surface area contributed by atoms with Gasteiger partial charge in [0.05, 0.1) is 0 Å². The molecular weight excluding hydrogens is 268 g/mol. The first-order chi connectivity index (χ1) is 10.8. The zero-order valence-corrected chi connectivity index (χ0v) is 12.8. The van der Waals surface area contributed by atoms with Crippen molar-refractivity contribution < 1.29 is 5.11 Å². The molecule has 0 aromatic heterocycles. The molecule has 110 valence electrons. The second-order valence-electron chi connectivity index (χ2n) is 5.03. The lowest BCUT2D eigenvalue weighted by atomic mass is 10.0. The molecule has 2 aromatic rings. The molecule has 1 N–H and O–H groups in total. The lowest BCUT2D eigenvalue weighted by Gasteiger charge is -2.06. The number of hydrogen-bond acceptors (Lipinski definition) is 1. The second-order valence-corrected chi connectivity index (χ2v) is 5.03. The summed E-state index contributed by atoms with van der Waals surface area (Å²) < 4.78 is 0. The average molecular weight is 288 g/mol. The lowest BCUT2D eigenvalue weighted by molar-refractivity contribution is 0.238. The molecule has 0 aliphatic rings. The molecule has 0 amide bonds. The number of hydrogen-bond donors (Lipinski definition) is 1. The van der Waals surface area contributed by atoms with Crippen molar-refractivity contribution in [3.63, 3.8) is 0 Å². The molecule has 0 fully saturated rings. The van der Waals surface area contributed by atoms with E-state index in [-0.39, 0.29) is 0 Å². The van der Waals surface area contributed by atoms with E-state index in [0.29, 0.717) is 0 Å². The summed E-state index contributed by atoms with van der Waals surface area (Å²) in [5.74, 6) is 12.2. The maximum atomic E-state index is 10.3. The minimum Gasteiger partial charge on any atom is -0.376 e. The Labute approximate surface area is 133 Å². The number of aliphatic hydroxyl groups excluding tert-OH is 1. The van der Waals surface area contributed by atoms with Gasteiger partial charge in [0, 0.05) is 23.1 Å². The van der Waals surface area contributed by atoms with Crippen molar-refractivity contribution in [2.45, 2.75) is 32.3 Å². The van der Waals surface area contributed by atoms with E-state index in [1.807, 2.05) is 54.6 Å². The highest BCUT2D eigenvalue weighted by atomic mass is 16.3.